The number of rotatable bonds is 7. The van der Waals surface area contributed by atoms with Crippen molar-refractivity contribution in [3.8, 4) is 0 Å². The first-order chi connectivity index (χ1) is 8.54. The first-order valence-corrected chi connectivity index (χ1v) is 8.27. The largest absolute Gasteiger partial charge is 0.314 e. The molecular weight excluding hydrogens is 218 g/mol. The molecule has 0 aromatic rings. The fraction of sp³-hybridized carbons (Fsp3) is 1.00. The smallest absolute Gasteiger partial charge is 0.00977 e. The average molecular weight is 253 g/mol. The van der Waals surface area contributed by atoms with E-state index in [9.17, 15) is 0 Å². The molecule has 0 radical (unpaired) electrons. The molecule has 0 saturated heterocycles. The summed E-state index contributed by atoms with van der Waals surface area (Å²) in [6, 6.07) is 0.776. The molecule has 0 aliphatic heterocycles. The predicted molar refractivity (Wildman–Crippen MR) is 81.8 cm³/mol. The number of hydrogen-bond acceptors (Lipinski definition) is 1. The molecule has 0 heterocycles. The monoisotopic (exact) mass is 253 g/mol. The third-order valence-electron chi connectivity index (χ3n) is 4.71. The fourth-order valence-corrected chi connectivity index (χ4v) is 3.49. The van der Waals surface area contributed by atoms with Gasteiger partial charge in [0.25, 0.3) is 0 Å². The van der Waals surface area contributed by atoms with Gasteiger partial charge in [0.2, 0.25) is 0 Å². The summed E-state index contributed by atoms with van der Waals surface area (Å²) in [6.45, 7) is 13.0. The molecule has 0 bridgehead atoms. The van der Waals surface area contributed by atoms with Crippen LogP contribution in [0.5, 0.6) is 0 Å². The zero-order valence-electron chi connectivity index (χ0n) is 13.3. The molecule has 0 aromatic carbocycles. The van der Waals surface area contributed by atoms with Crippen LogP contribution in [0.15, 0.2) is 0 Å². The number of nitrogens with one attached hydrogen (secondary N) is 1. The lowest BCUT2D eigenvalue weighted by molar-refractivity contribution is 0.177. The normalized spacial score (nSPS) is 26.8. The first kappa shape index (κ1) is 16.0. The molecule has 1 unspecified atom stereocenters. The van der Waals surface area contributed by atoms with Crippen molar-refractivity contribution >= 4 is 0 Å². The summed E-state index contributed by atoms with van der Waals surface area (Å²) in [7, 11) is 0. The predicted octanol–water partition coefficient (Wildman–Crippen LogP) is 4.86. The maximum Gasteiger partial charge on any atom is 0.00977 e. The Morgan fingerprint density at radius 3 is 1.94 bits per heavy atom. The summed E-state index contributed by atoms with van der Waals surface area (Å²) in [5.74, 6) is 3.64. The van der Waals surface area contributed by atoms with Crippen LogP contribution in [0, 0.1) is 23.7 Å². The van der Waals surface area contributed by atoms with Crippen LogP contribution < -0.4 is 5.32 Å². The molecule has 108 valence electrons. The van der Waals surface area contributed by atoms with Crippen molar-refractivity contribution in [2.45, 2.75) is 79.2 Å². The zero-order chi connectivity index (χ0) is 13.5. The van der Waals surface area contributed by atoms with E-state index < -0.39 is 0 Å². The Bertz CT molecular complexity index is 202. The van der Waals surface area contributed by atoms with Crippen LogP contribution in [0.4, 0.5) is 0 Å². The Hall–Kier alpha value is -0.0400. The molecule has 1 saturated carbocycles. The van der Waals surface area contributed by atoms with Crippen molar-refractivity contribution in [2.75, 3.05) is 6.54 Å². The van der Waals surface area contributed by atoms with E-state index >= 15 is 0 Å². The SMILES string of the molecule is CCCNC(CC(C)C)C1CCC(C(C)C)CC1. The van der Waals surface area contributed by atoms with Gasteiger partial charge < -0.3 is 5.32 Å². The van der Waals surface area contributed by atoms with Crippen LogP contribution in [-0.4, -0.2) is 12.6 Å². The Labute approximate surface area is 115 Å². The van der Waals surface area contributed by atoms with Crippen LogP contribution in [0.1, 0.15) is 73.1 Å². The van der Waals surface area contributed by atoms with Gasteiger partial charge in [0.1, 0.15) is 0 Å². The maximum atomic E-state index is 3.81. The Kier molecular flexibility index (Phi) is 7.29. The maximum absolute atomic E-state index is 3.81. The molecule has 0 spiro atoms. The average Bonchev–Trinajstić information content (AvgIpc) is 2.34. The highest BCUT2D eigenvalue weighted by Gasteiger charge is 2.28. The highest BCUT2D eigenvalue weighted by molar-refractivity contribution is 4.83. The lowest BCUT2D eigenvalue weighted by Crippen LogP contribution is -2.39. The van der Waals surface area contributed by atoms with E-state index in [-0.39, 0.29) is 0 Å². The van der Waals surface area contributed by atoms with Crippen molar-refractivity contribution in [1.29, 1.82) is 0 Å². The van der Waals surface area contributed by atoms with Crippen molar-refractivity contribution in [2.24, 2.45) is 23.7 Å². The van der Waals surface area contributed by atoms with Crippen molar-refractivity contribution in [1.82, 2.24) is 5.32 Å². The molecule has 1 fully saturated rings. The molecule has 1 aliphatic rings. The van der Waals surface area contributed by atoms with Crippen molar-refractivity contribution in [3.63, 3.8) is 0 Å². The second-order valence-corrected chi connectivity index (χ2v) is 7.11. The standard InChI is InChI=1S/C17H35N/c1-6-11-18-17(12-13(2)3)16-9-7-15(8-10-16)14(4)5/h13-18H,6-12H2,1-5H3. The molecule has 1 aliphatic carbocycles. The second-order valence-electron chi connectivity index (χ2n) is 7.11. The summed E-state index contributed by atoms with van der Waals surface area (Å²) in [6.07, 6.45) is 8.45. The zero-order valence-corrected chi connectivity index (χ0v) is 13.3. The van der Waals surface area contributed by atoms with Gasteiger partial charge in [-0.2, -0.15) is 0 Å². The van der Waals surface area contributed by atoms with E-state index in [1.54, 1.807) is 0 Å². The van der Waals surface area contributed by atoms with Gasteiger partial charge in [-0.15, -0.1) is 0 Å². The van der Waals surface area contributed by atoms with E-state index in [1.165, 1.54) is 45.1 Å². The molecule has 18 heavy (non-hydrogen) atoms. The van der Waals surface area contributed by atoms with Crippen LogP contribution in [0.25, 0.3) is 0 Å². The summed E-state index contributed by atoms with van der Waals surface area (Å²) >= 11 is 0. The minimum absolute atomic E-state index is 0.776. The van der Waals surface area contributed by atoms with Gasteiger partial charge in [-0.3, -0.25) is 0 Å². The first-order valence-electron chi connectivity index (χ1n) is 8.27. The van der Waals surface area contributed by atoms with Crippen LogP contribution in [0.2, 0.25) is 0 Å². The second kappa shape index (κ2) is 8.19. The van der Waals surface area contributed by atoms with Gasteiger partial charge >= 0.3 is 0 Å². The Morgan fingerprint density at radius 1 is 0.944 bits per heavy atom. The highest BCUT2D eigenvalue weighted by Crippen LogP contribution is 2.36. The summed E-state index contributed by atoms with van der Waals surface area (Å²) in [5.41, 5.74) is 0. The van der Waals surface area contributed by atoms with Gasteiger partial charge in [-0.05, 0) is 68.7 Å². The van der Waals surface area contributed by atoms with E-state index in [1.807, 2.05) is 0 Å². The molecule has 1 N–H and O–H groups in total. The molecule has 1 rings (SSSR count). The molecule has 0 amide bonds. The van der Waals surface area contributed by atoms with Gasteiger partial charge in [0.15, 0.2) is 0 Å². The third kappa shape index (κ3) is 5.30. The quantitative estimate of drug-likeness (QED) is 0.683. The van der Waals surface area contributed by atoms with Gasteiger partial charge in [-0.1, -0.05) is 34.6 Å². The highest BCUT2D eigenvalue weighted by atomic mass is 14.9. The lowest BCUT2D eigenvalue weighted by Gasteiger charge is -2.36. The van der Waals surface area contributed by atoms with E-state index in [0.717, 1.165) is 29.7 Å². The summed E-state index contributed by atoms with van der Waals surface area (Å²) in [5, 5.41) is 3.81. The van der Waals surface area contributed by atoms with Crippen molar-refractivity contribution in [3.05, 3.63) is 0 Å². The van der Waals surface area contributed by atoms with E-state index in [2.05, 4.69) is 39.9 Å². The summed E-state index contributed by atoms with van der Waals surface area (Å²) < 4.78 is 0. The van der Waals surface area contributed by atoms with Gasteiger partial charge in [0.05, 0.1) is 0 Å². The van der Waals surface area contributed by atoms with E-state index in [4.69, 9.17) is 0 Å². The molecule has 1 heteroatoms. The molecule has 1 nitrogen and oxygen atoms in total. The number of hydrogen-bond donors (Lipinski definition) is 1. The molecule has 0 aromatic heterocycles. The van der Waals surface area contributed by atoms with E-state index in [0.29, 0.717) is 0 Å². The molecule has 1 atom stereocenters. The van der Waals surface area contributed by atoms with Crippen LogP contribution >= 0.6 is 0 Å². The minimum Gasteiger partial charge on any atom is -0.314 e. The Morgan fingerprint density at radius 2 is 1.50 bits per heavy atom. The van der Waals surface area contributed by atoms with Gasteiger partial charge in [-0.25, -0.2) is 0 Å². The van der Waals surface area contributed by atoms with Crippen LogP contribution in [-0.2, 0) is 0 Å². The molecular formula is C17H35N. The third-order valence-corrected chi connectivity index (χ3v) is 4.71. The summed E-state index contributed by atoms with van der Waals surface area (Å²) in [4.78, 5) is 0. The lowest BCUT2D eigenvalue weighted by atomic mass is 9.73. The van der Waals surface area contributed by atoms with Crippen molar-refractivity contribution < 1.29 is 0 Å². The minimum atomic E-state index is 0.776. The van der Waals surface area contributed by atoms with Crippen LogP contribution in [0.3, 0.4) is 0 Å². The van der Waals surface area contributed by atoms with Gasteiger partial charge in [0, 0.05) is 6.04 Å². The fourth-order valence-electron chi connectivity index (χ4n) is 3.49. The topological polar surface area (TPSA) is 12.0 Å². The Balaban J connectivity index is 2.43.